The van der Waals surface area contributed by atoms with Crippen LogP contribution in [-0.2, 0) is 12.8 Å². The van der Waals surface area contributed by atoms with Crippen LogP contribution in [0, 0.1) is 5.92 Å². The summed E-state index contributed by atoms with van der Waals surface area (Å²) in [6.45, 7) is 8.89. The van der Waals surface area contributed by atoms with E-state index in [0.717, 1.165) is 31.2 Å². The number of ether oxygens (including phenoxy) is 1. The number of benzene rings is 1. The van der Waals surface area contributed by atoms with E-state index in [1.54, 1.807) is 0 Å². The Morgan fingerprint density at radius 1 is 1.37 bits per heavy atom. The van der Waals surface area contributed by atoms with Crippen LogP contribution in [0.3, 0.4) is 0 Å². The number of aryl methyl sites for hydroxylation is 1. The van der Waals surface area contributed by atoms with Crippen molar-refractivity contribution in [2.45, 2.75) is 52.6 Å². The molecule has 1 heterocycles. The first-order valence-electron chi connectivity index (χ1n) is 7.68. The van der Waals surface area contributed by atoms with E-state index in [-0.39, 0.29) is 0 Å². The van der Waals surface area contributed by atoms with E-state index in [1.165, 1.54) is 30.4 Å². The monoisotopic (exact) mass is 261 g/mol. The molecule has 0 saturated heterocycles. The van der Waals surface area contributed by atoms with Crippen LogP contribution in [0.4, 0.5) is 0 Å². The zero-order valence-corrected chi connectivity index (χ0v) is 12.5. The molecule has 0 aliphatic carbocycles. The Labute approximate surface area is 117 Å². The second-order valence-corrected chi connectivity index (χ2v) is 5.86. The maximum absolute atomic E-state index is 5.74. The lowest BCUT2D eigenvalue weighted by atomic mass is 9.97. The molecule has 0 fully saturated rings. The molecule has 2 rings (SSSR count). The maximum Gasteiger partial charge on any atom is 0.123 e. The predicted molar refractivity (Wildman–Crippen MR) is 80.9 cm³/mol. The van der Waals surface area contributed by atoms with Crippen molar-refractivity contribution in [3.05, 3.63) is 29.3 Å². The Morgan fingerprint density at radius 3 is 3.00 bits per heavy atom. The van der Waals surface area contributed by atoms with Crippen molar-refractivity contribution in [3.63, 3.8) is 0 Å². The van der Waals surface area contributed by atoms with Gasteiger partial charge in [-0.1, -0.05) is 26.0 Å². The summed E-state index contributed by atoms with van der Waals surface area (Å²) < 4.78 is 5.74. The molecule has 0 aromatic heterocycles. The van der Waals surface area contributed by atoms with Crippen LogP contribution in [0.5, 0.6) is 5.75 Å². The van der Waals surface area contributed by atoms with E-state index in [0.29, 0.717) is 6.10 Å². The van der Waals surface area contributed by atoms with Crippen LogP contribution in [0.15, 0.2) is 18.2 Å². The molecule has 0 saturated carbocycles. The van der Waals surface area contributed by atoms with Gasteiger partial charge in [0, 0.05) is 6.42 Å². The predicted octanol–water partition coefficient (Wildman–Crippen LogP) is 3.58. The molecule has 0 radical (unpaired) electrons. The fourth-order valence-corrected chi connectivity index (χ4v) is 2.71. The summed E-state index contributed by atoms with van der Waals surface area (Å²) in [6.07, 6.45) is 5.16. The fraction of sp³-hybridized carbons (Fsp3) is 0.647. The Hall–Kier alpha value is -1.02. The third-order valence-electron chi connectivity index (χ3n) is 3.95. The van der Waals surface area contributed by atoms with Gasteiger partial charge in [-0.25, -0.2) is 0 Å². The standard InChI is InChI=1S/C17H27NO/c1-4-18-10-9-13(2)5-6-15-7-8-17-16(12-15)11-14(3)19-17/h7-8,12-14,18H,4-6,9-11H2,1-3H3. The molecular formula is C17H27NO. The smallest absolute Gasteiger partial charge is 0.123 e. The Balaban J connectivity index is 1.79. The van der Waals surface area contributed by atoms with Crippen LogP contribution >= 0.6 is 0 Å². The molecule has 1 N–H and O–H groups in total. The van der Waals surface area contributed by atoms with Crippen molar-refractivity contribution in [1.29, 1.82) is 0 Å². The first-order chi connectivity index (χ1) is 9.19. The highest BCUT2D eigenvalue weighted by atomic mass is 16.5. The molecule has 1 aliphatic rings. The van der Waals surface area contributed by atoms with E-state index in [9.17, 15) is 0 Å². The van der Waals surface area contributed by atoms with Crippen molar-refractivity contribution in [3.8, 4) is 5.75 Å². The first-order valence-corrected chi connectivity index (χ1v) is 7.68. The molecule has 1 aliphatic heterocycles. The number of fused-ring (bicyclic) bond motifs is 1. The minimum Gasteiger partial charge on any atom is -0.490 e. The van der Waals surface area contributed by atoms with Gasteiger partial charge < -0.3 is 10.1 Å². The summed E-state index contributed by atoms with van der Waals surface area (Å²) in [5.41, 5.74) is 2.86. The zero-order chi connectivity index (χ0) is 13.7. The minimum atomic E-state index is 0.351. The van der Waals surface area contributed by atoms with Crippen molar-refractivity contribution in [2.24, 2.45) is 5.92 Å². The summed E-state index contributed by atoms with van der Waals surface area (Å²) in [4.78, 5) is 0. The van der Waals surface area contributed by atoms with Gasteiger partial charge in [0.1, 0.15) is 11.9 Å². The third kappa shape index (κ3) is 4.24. The van der Waals surface area contributed by atoms with Crippen LogP contribution in [0.25, 0.3) is 0 Å². The number of hydrogen-bond acceptors (Lipinski definition) is 2. The SMILES string of the molecule is CCNCCC(C)CCc1ccc2c(c1)CC(C)O2. The van der Waals surface area contributed by atoms with Gasteiger partial charge in [-0.15, -0.1) is 0 Å². The highest BCUT2D eigenvalue weighted by Crippen LogP contribution is 2.30. The van der Waals surface area contributed by atoms with Gasteiger partial charge in [-0.3, -0.25) is 0 Å². The lowest BCUT2D eigenvalue weighted by molar-refractivity contribution is 0.254. The molecular weight excluding hydrogens is 234 g/mol. The topological polar surface area (TPSA) is 21.3 Å². The molecule has 0 spiro atoms. The molecule has 2 nitrogen and oxygen atoms in total. The summed E-state index contributed by atoms with van der Waals surface area (Å²) >= 11 is 0. The summed E-state index contributed by atoms with van der Waals surface area (Å²) in [5, 5.41) is 3.40. The maximum atomic E-state index is 5.74. The number of rotatable bonds is 7. The van der Waals surface area contributed by atoms with Gasteiger partial charge in [0.05, 0.1) is 0 Å². The Morgan fingerprint density at radius 2 is 2.21 bits per heavy atom. The minimum absolute atomic E-state index is 0.351. The quantitative estimate of drug-likeness (QED) is 0.758. The van der Waals surface area contributed by atoms with Gasteiger partial charge in [0.2, 0.25) is 0 Å². The number of nitrogens with one attached hydrogen (secondary N) is 1. The Kier molecular flexibility index (Phi) is 5.26. The van der Waals surface area contributed by atoms with E-state index in [4.69, 9.17) is 4.74 Å². The normalized spacial score (nSPS) is 19.0. The second-order valence-electron chi connectivity index (χ2n) is 5.86. The molecule has 19 heavy (non-hydrogen) atoms. The van der Waals surface area contributed by atoms with Crippen molar-refractivity contribution in [1.82, 2.24) is 5.32 Å². The molecule has 106 valence electrons. The highest BCUT2D eigenvalue weighted by molar-refractivity contribution is 5.40. The third-order valence-corrected chi connectivity index (χ3v) is 3.95. The first kappa shape index (κ1) is 14.4. The molecule has 0 amide bonds. The van der Waals surface area contributed by atoms with E-state index < -0.39 is 0 Å². The van der Waals surface area contributed by atoms with Gasteiger partial charge in [0.25, 0.3) is 0 Å². The lowest BCUT2D eigenvalue weighted by Gasteiger charge is -2.12. The van der Waals surface area contributed by atoms with Crippen molar-refractivity contribution >= 4 is 0 Å². The van der Waals surface area contributed by atoms with E-state index in [1.807, 2.05) is 0 Å². The molecule has 1 aromatic rings. The highest BCUT2D eigenvalue weighted by Gasteiger charge is 2.18. The molecule has 2 atom stereocenters. The van der Waals surface area contributed by atoms with Crippen LogP contribution in [0.1, 0.15) is 44.7 Å². The average molecular weight is 261 g/mol. The van der Waals surface area contributed by atoms with Crippen molar-refractivity contribution < 1.29 is 4.74 Å². The van der Waals surface area contributed by atoms with Gasteiger partial charge in [-0.2, -0.15) is 0 Å². The number of hydrogen-bond donors (Lipinski definition) is 1. The van der Waals surface area contributed by atoms with Gasteiger partial charge >= 0.3 is 0 Å². The summed E-state index contributed by atoms with van der Waals surface area (Å²) in [5.74, 6) is 1.89. The lowest BCUT2D eigenvalue weighted by Crippen LogP contribution is -2.16. The van der Waals surface area contributed by atoms with E-state index >= 15 is 0 Å². The fourth-order valence-electron chi connectivity index (χ4n) is 2.71. The van der Waals surface area contributed by atoms with Crippen LogP contribution < -0.4 is 10.1 Å². The van der Waals surface area contributed by atoms with Crippen LogP contribution in [-0.4, -0.2) is 19.2 Å². The van der Waals surface area contributed by atoms with Crippen LogP contribution in [0.2, 0.25) is 0 Å². The largest absolute Gasteiger partial charge is 0.490 e. The molecule has 2 heteroatoms. The van der Waals surface area contributed by atoms with Gasteiger partial charge in [0.15, 0.2) is 0 Å². The van der Waals surface area contributed by atoms with E-state index in [2.05, 4.69) is 44.3 Å². The Bertz CT molecular complexity index is 402. The molecule has 0 bridgehead atoms. The summed E-state index contributed by atoms with van der Waals surface area (Å²) in [6, 6.07) is 6.72. The van der Waals surface area contributed by atoms with Crippen molar-refractivity contribution in [2.75, 3.05) is 13.1 Å². The average Bonchev–Trinajstić information content (AvgIpc) is 2.76. The summed E-state index contributed by atoms with van der Waals surface area (Å²) in [7, 11) is 0. The van der Waals surface area contributed by atoms with Gasteiger partial charge in [-0.05, 0) is 62.4 Å². The zero-order valence-electron chi connectivity index (χ0n) is 12.5. The second kappa shape index (κ2) is 6.95. The molecule has 1 aromatic carbocycles. The molecule has 2 unspecified atom stereocenters.